The number of ether oxygens (including phenoxy) is 1. The predicted octanol–water partition coefficient (Wildman–Crippen LogP) is 4.83. The van der Waals surface area contributed by atoms with Crippen LogP contribution < -0.4 is 5.32 Å². The summed E-state index contributed by atoms with van der Waals surface area (Å²) in [5.74, 6) is 1.36. The fourth-order valence-electron chi connectivity index (χ4n) is 3.20. The third kappa shape index (κ3) is 4.59. The first kappa shape index (κ1) is 19.8. The average Bonchev–Trinajstić information content (AvgIpc) is 3.29. The number of carbonyl (C=O) groups is 1. The quantitative estimate of drug-likeness (QED) is 0.598. The van der Waals surface area contributed by atoms with Gasteiger partial charge in [0.15, 0.2) is 5.82 Å². The summed E-state index contributed by atoms with van der Waals surface area (Å²) < 4.78 is 6.47. The van der Waals surface area contributed by atoms with E-state index in [1.807, 2.05) is 38.3 Å². The number of amides is 1. The maximum atomic E-state index is 12.3. The van der Waals surface area contributed by atoms with Gasteiger partial charge in [-0.25, -0.2) is 19.7 Å². The topological polar surface area (TPSA) is 80.2 Å². The highest BCUT2D eigenvalue weighted by molar-refractivity contribution is 7.17. The Labute approximate surface area is 178 Å². The van der Waals surface area contributed by atoms with Gasteiger partial charge in [-0.15, -0.1) is 11.3 Å². The molecule has 4 rings (SSSR count). The Balaban J connectivity index is 1.55. The zero-order valence-corrected chi connectivity index (χ0v) is 18.0. The number of halogens is 1. The van der Waals surface area contributed by atoms with Crippen LogP contribution in [0.2, 0.25) is 5.15 Å². The number of aromatic nitrogens is 3. The molecule has 0 saturated carbocycles. The van der Waals surface area contributed by atoms with E-state index in [4.69, 9.17) is 21.3 Å². The van der Waals surface area contributed by atoms with E-state index in [9.17, 15) is 4.79 Å². The van der Waals surface area contributed by atoms with Crippen LogP contribution >= 0.6 is 22.9 Å². The normalized spacial score (nSPS) is 17.0. The Morgan fingerprint density at radius 1 is 1.34 bits per heavy atom. The number of likely N-dealkylation sites (tertiary alicyclic amines) is 1. The fraction of sp³-hybridized carbons (Fsp3) is 0.400. The molecule has 1 aliphatic heterocycles. The molecule has 3 aromatic rings. The van der Waals surface area contributed by atoms with Crippen LogP contribution in [0.5, 0.6) is 0 Å². The molecule has 7 nitrogen and oxygen atoms in total. The maximum Gasteiger partial charge on any atom is 0.410 e. The molecule has 29 heavy (non-hydrogen) atoms. The molecule has 0 radical (unpaired) electrons. The lowest BCUT2D eigenvalue weighted by Crippen LogP contribution is -2.36. The smallest absolute Gasteiger partial charge is 0.410 e. The Kier molecular flexibility index (Phi) is 5.31. The van der Waals surface area contributed by atoms with Gasteiger partial charge in [-0.3, -0.25) is 0 Å². The minimum absolute atomic E-state index is 0.0941. The van der Waals surface area contributed by atoms with E-state index >= 15 is 0 Å². The van der Waals surface area contributed by atoms with Crippen LogP contribution in [0.25, 0.3) is 21.6 Å². The number of anilines is 1. The molecule has 0 spiro atoms. The summed E-state index contributed by atoms with van der Waals surface area (Å²) in [4.78, 5) is 27.5. The number of nitrogens with one attached hydrogen (secondary N) is 1. The van der Waals surface area contributed by atoms with Crippen LogP contribution in [0.3, 0.4) is 0 Å². The molecule has 9 heteroatoms. The lowest BCUT2D eigenvalue weighted by molar-refractivity contribution is 0.0293. The minimum atomic E-state index is -0.501. The van der Waals surface area contributed by atoms with Crippen molar-refractivity contribution in [3.63, 3.8) is 0 Å². The van der Waals surface area contributed by atoms with Crippen molar-refractivity contribution < 1.29 is 9.53 Å². The summed E-state index contributed by atoms with van der Waals surface area (Å²) in [6.07, 6.45) is 2.19. The number of pyridine rings is 1. The molecule has 3 aromatic heterocycles. The van der Waals surface area contributed by atoms with Crippen LogP contribution in [0.15, 0.2) is 29.8 Å². The molecule has 0 aromatic carbocycles. The van der Waals surface area contributed by atoms with E-state index < -0.39 is 5.60 Å². The van der Waals surface area contributed by atoms with Crippen LogP contribution in [0.4, 0.5) is 10.6 Å². The zero-order valence-electron chi connectivity index (χ0n) is 16.5. The number of hydrogen-bond acceptors (Lipinski definition) is 7. The third-order valence-corrected chi connectivity index (χ3v) is 5.59. The molecule has 0 aliphatic carbocycles. The molecule has 1 N–H and O–H groups in total. The van der Waals surface area contributed by atoms with Gasteiger partial charge in [0.1, 0.15) is 16.6 Å². The fourth-order valence-corrected chi connectivity index (χ4v) is 4.15. The van der Waals surface area contributed by atoms with Gasteiger partial charge in [-0.05, 0) is 50.8 Å². The molecule has 1 fully saturated rings. The Bertz CT molecular complexity index is 1050. The monoisotopic (exact) mass is 431 g/mol. The number of thiophene rings is 1. The van der Waals surface area contributed by atoms with E-state index in [1.54, 1.807) is 28.5 Å². The van der Waals surface area contributed by atoms with Crippen molar-refractivity contribution in [3.8, 4) is 11.4 Å². The van der Waals surface area contributed by atoms with Crippen LogP contribution in [0, 0.1) is 0 Å². The first-order valence-corrected chi connectivity index (χ1v) is 10.7. The van der Waals surface area contributed by atoms with E-state index in [0.29, 0.717) is 24.1 Å². The lowest BCUT2D eigenvalue weighted by Gasteiger charge is -2.24. The number of nitrogens with zero attached hydrogens (tertiary/aromatic N) is 4. The van der Waals surface area contributed by atoms with Gasteiger partial charge in [0.25, 0.3) is 0 Å². The van der Waals surface area contributed by atoms with Crippen LogP contribution in [-0.2, 0) is 4.74 Å². The van der Waals surface area contributed by atoms with Gasteiger partial charge in [0, 0.05) is 30.9 Å². The predicted molar refractivity (Wildman–Crippen MR) is 115 cm³/mol. The first-order chi connectivity index (χ1) is 13.8. The van der Waals surface area contributed by atoms with Gasteiger partial charge in [0.2, 0.25) is 0 Å². The summed E-state index contributed by atoms with van der Waals surface area (Å²) in [6, 6.07) is 5.65. The van der Waals surface area contributed by atoms with Crippen molar-refractivity contribution >= 4 is 45.1 Å². The zero-order chi connectivity index (χ0) is 20.6. The van der Waals surface area contributed by atoms with Crippen LogP contribution in [0.1, 0.15) is 27.2 Å². The molecule has 1 atom stereocenters. The molecule has 1 saturated heterocycles. The van der Waals surface area contributed by atoms with Crippen molar-refractivity contribution in [2.75, 3.05) is 18.4 Å². The second-order valence-corrected chi connectivity index (χ2v) is 9.26. The standard InChI is InChI=1S/C20H22ClN5O2S/c1-20(2,3)28-19(27)26-8-5-13(11-26)23-18-16-14(6-9-29-16)24-17(25-18)12-4-7-22-15(21)10-12/h4,6-7,9-10,13H,5,8,11H2,1-3H3,(H,23,24,25). The van der Waals surface area contributed by atoms with E-state index in [1.165, 1.54) is 0 Å². The SMILES string of the molecule is CC(C)(C)OC(=O)N1CCC(Nc2nc(-c3ccnc(Cl)c3)nc3ccsc23)C1. The Morgan fingerprint density at radius 3 is 2.93 bits per heavy atom. The largest absolute Gasteiger partial charge is 0.444 e. The second kappa shape index (κ2) is 7.76. The maximum absolute atomic E-state index is 12.3. The summed E-state index contributed by atoms with van der Waals surface area (Å²) in [6.45, 7) is 6.84. The average molecular weight is 432 g/mol. The number of carbonyl (C=O) groups excluding carboxylic acids is 1. The summed E-state index contributed by atoms with van der Waals surface area (Å²) >= 11 is 7.62. The summed E-state index contributed by atoms with van der Waals surface area (Å²) in [5, 5.41) is 5.90. The lowest BCUT2D eigenvalue weighted by atomic mass is 10.2. The number of rotatable bonds is 3. The molecule has 4 heterocycles. The van der Waals surface area contributed by atoms with E-state index in [-0.39, 0.29) is 12.1 Å². The Morgan fingerprint density at radius 2 is 2.17 bits per heavy atom. The molecule has 1 aliphatic rings. The van der Waals surface area contributed by atoms with Gasteiger partial charge in [-0.1, -0.05) is 11.6 Å². The summed E-state index contributed by atoms with van der Waals surface area (Å²) in [7, 11) is 0. The van der Waals surface area contributed by atoms with Crippen molar-refractivity contribution in [3.05, 3.63) is 34.9 Å². The molecular weight excluding hydrogens is 410 g/mol. The van der Waals surface area contributed by atoms with Crippen LogP contribution in [-0.4, -0.2) is 50.7 Å². The second-order valence-electron chi connectivity index (χ2n) is 7.95. The number of hydrogen-bond donors (Lipinski definition) is 1. The highest BCUT2D eigenvalue weighted by Gasteiger charge is 2.30. The Hall–Kier alpha value is -2.45. The van der Waals surface area contributed by atoms with Gasteiger partial charge in [0.05, 0.1) is 10.2 Å². The highest BCUT2D eigenvalue weighted by atomic mass is 35.5. The first-order valence-electron chi connectivity index (χ1n) is 9.40. The molecule has 1 amide bonds. The van der Waals surface area contributed by atoms with Crippen molar-refractivity contribution in [1.82, 2.24) is 19.9 Å². The molecule has 0 bridgehead atoms. The van der Waals surface area contributed by atoms with Gasteiger partial charge >= 0.3 is 6.09 Å². The van der Waals surface area contributed by atoms with E-state index in [2.05, 4.69) is 15.3 Å². The number of fused-ring (bicyclic) bond motifs is 1. The van der Waals surface area contributed by atoms with Crippen molar-refractivity contribution in [2.24, 2.45) is 0 Å². The van der Waals surface area contributed by atoms with Gasteiger partial charge in [-0.2, -0.15) is 0 Å². The molecule has 1 unspecified atom stereocenters. The minimum Gasteiger partial charge on any atom is -0.444 e. The third-order valence-electron chi connectivity index (χ3n) is 4.47. The van der Waals surface area contributed by atoms with Crippen molar-refractivity contribution in [1.29, 1.82) is 0 Å². The van der Waals surface area contributed by atoms with Crippen molar-refractivity contribution in [2.45, 2.75) is 38.8 Å². The van der Waals surface area contributed by atoms with E-state index in [0.717, 1.165) is 28.0 Å². The summed E-state index contributed by atoms with van der Waals surface area (Å²) in [5.41, 5.74) is 1.18. The molecular formula is C20H22ClN5O2S. The van der Waals surface area contributed by atoms with Gasteiger partial charge < -0.3 is 15.0 Å². The highest BCUT2D eigenvalue weighted by Crippen LogP contribution is 2.31. The molecule has 152 valence electrons.